The zero-order valence-electron chi connectivity index (χ0n) is 11.3. The number of nitrogens with one attached hydrogen (secondary N) is 2. The number of aliphatic hydroxyl groups excluding tert-OH is 1. The Morgan fingerprint density at radius 3 is 2.33 bits per heavy atom. The van der Waals surface area contributed by atoms with Crippen LogP contribution in [0.25, 0.3) is 0 Å². The zero-order chi connectivity index (χ0) is 16.0. The predicted octanol–water partition coefficient (Wildman–Crippen LogP) is 1.32. The largest absolute Gasteiger partial charge is 0.396 e. The molecule has 2 amide bonds. The number of aliphatic hydroxyl groups is 1. The van der Waals surface area contributed by atoms with Gasteiger partial charge in [-0.25, -0.2) is 13.2 Å². The first kappa shape index (κ1) is 17.0. The topological polar surface area (TPSA) is 78.4 Å². The molecule has 1 aromatic carbocycles. The number of hydrogen-bond donors (Lipinski definition) is 3. The molecule has 0 aliphatic rings. The lowest BCUT2D eigenvalue weighted by Gasteiger charge is -2.15. The third-order valence-electron chi connectivity index (χ3n) is 2.77. The van der Waals surface area contributed by atoms with Crippen LogP contribution >= 0.6 is 0 Å². The summed E-state index contributed by atoms with van der Waals surface area (Å²) in [5.74, 6) is -6.21. The summed E-state index contributed by atoms with van der Waals surface area (Å²) in [6, 6.07) is 0.299. The van der Waals surface area contributed by atoms with Gasteiger partial charge < -0.3 is 15.7 Å². The summed E-state index contributed by atoms with van der Waals surface area (Å²) in [6.07, 6.45) is 0.744. The van der Waals surface area contributed by atoms with E-state index in [0.29, 0.717) is 12.5 Å². The molecule has 0 fully saturated rings. The van der Waals surface area contributed by atoms with Gasteiger partial charge in [0.25, 0.3) is 0 Å². The Labute approximate surface area is 119 Å². The van der Waals surface area contributed by atoms with Gasteiger partial charge in [-0.2, -0.15) is 0 Å². The minimum Gasteiger partial charge on any atom is -0.396 e. The Morgan fingerprint density at radius 2 is 1.76 bits per heavy atom. The van der Waals surface area contributed by atoms with Crippen LogP contribution < -0.4 is 10.6 Å². The molecule has 0 saturated heterocycles. The first-order valence-corrected chi connectivity index (χ1v) is 6.26. The van der Waals surface area contributed by atoms with E-state index in [-0.39, 0.29) is 19.1 Å². The van der Waals surface area contributed by atoms with Crippen molar-refractivity contribution in [3.8, 4) is 0 Å². The molecule has 8 heteroatoms. The van der Waals surface area contributed by atoms with E-state index in [9.17, 15) is 22.8 Å². The van der Waals surface area contributed by atoms with Crippen LogP contribution in [-0.4, -0.2) is 29.6 Å². The minimum absolute atomic E-state index is 0.168. The average molecular weight is 304 g/mol. The van der Waals surface area contributed by atoms with Gasteiger partial charge in [0, 0.05) is 24.8 Å². The van der Waals surface area contributed by atoms with Gasteiger partial charge in [0.1, 0.15) is 5.82 Å². The summed E-state index contributed by atoms with van der Waals surface area (Å²) < 4.78 is 39.0. The number of anilines is 1. The highest BCUT2D eigenvalue weighted by molar-refractivity contribution is 6.39. The smallest absolute Gasteiger partial charge is 0.313 e. The molecule has 0 aromatic heterocycles. The third kappa shape index (κ3) is 4.75. The summed E-state index contributed by atoms with van der Waals surface area (Å²) in [5, 5.41) is 13.0. The standard InChI is InChI=1S/C13H15F3N2O3/c1-2-7(3-4-19)17-12(20)13(21)18-11-6-9(15)8(14)5-10(11)16/h5-7,19H,2-4H2,1H3,(H,17,20)(H,18,21). The van der Waals surface area contributed by atoms with Crippen molar-refractivity contribution in [2.75, 3.05) is 11.9 Å². The number of hydrogen-bond acceptors (Lipinski definition) is 3. The lowest BCUT2D eigenvalue weighted by molar-refractivity contribution is -0.136. The summed E-state index contributed by atoms with van der Waals surface area (Å²) in [7, 11) is 0. The van der Waals surface area contributed by atoms with Gasteiger partial charge in [-0.3, -0.25) is 9.59 Å². The van der Waals surface area contributed by atoms with Gasteiger partial charge in [-0.05, 0) is 12.8 Å². The molecule has 5 nitrogen and oxygen atoms in total. The van der Waals surface area contributed by atoms with Crippen molar-refractivity contribution in [2.45, 2.75) is 25.8 Å². The molecule has 0 radical (unpaired) electrons. The summed E-state index contributed by atoms with van der Waals surface area (Å²) in [5.41, 5.74) is -0.635. The maximum atomic E-state index is 13.3. The minimum atomic E-state index is -1.40. The van der Waals surface area contributed by atoms with Crippen LogP contribution in [0.15, 0.2) is 12.1 Å². The molecule has 0 saturated carbocycles. The first-order valence-electron chi connectivity index (χ1n) is 6.26. The van der Waals surface area contributed by atoms with E-state index in [1.807, 2.05) is 5.32 Å². The maximum Gasteiger partial charge on any atom is 0.313 e. The molecule has 0 aliphatic heterocycles. The highest BCUT2D eigenvalue weighted by Crippen LogP contribution is 2.18. The third-order valence-corrected chi connectivity index (χ3v) is 2.77. The monoisotopic (exact) mass is 304 g/mol. The number of carbonyl (C=O) groups excluding carboxylic acids is 2. The van der Waals surface area contributed by atoms with Gasteiger partial charge in [-0.15, -0.1) is 0 Å². The normalized spacial score (nSPS) is 11.9. The van der Waals surface area contributed by atoms with Crippen molar-refractivity contribution >= 4 is 17.5 Å². The number of halogens is 3. The Balaban J connectivity index is 2.72. The first-order chi connectivity index (χ1) is 9.88. The lowest BCUT2D eigenvalue weighted by Crippen LogP contribution is -2.42. The summed E-state index contributed by atoms with van der Waals surface area (Å²) in [6.45, 7) is 1.58. The van der Waals surface area contributed by atoms with Crippen LogP contribution in [0.2, 0.25) is 0 Å². The van der Waals surface area contributed by atoms with Gasteiger partial charge in [0.05, 0.1) is 5.69 Å². The molecule has 21 heavy (non-hydrogen) atoms. The van der Waals surface area contributed by atoms with E-state index in [1.54, 1.807) is 6.92 Å². The molecule has 0 bridgehead atoms. The second-order valence-electron chi connectivity index (χ2n) is 4.29. The quantitative estimate of drug-likeness (QED) is 0.567. The van der Waals surface area contributed by atoms with Crippen LogP contribution in [0.5, 0.6) is 0 Å². The van der Waals surface area contributed by atoms with Gasteiger partial charge in [-0.1, -0.05) is 6.92 Å². The van der Waals surface area contributed by atoms with E-state index in [1.165, 1.54) is 0 Å². The van der Waals surface area contributed by atoms with E-state index in [4.69, 9.17) is 5.11 Å². The second kappa shape index (κ2) is 7.63. The van der Waals surface area contributed by atoms with Crippen molar-refractivity contribution in [1.82, 2.24) is 5.32 Å². The Kier molecular flexibility index (Phi) is 6.16. The SMILES string of the molecule is CCC(CCO)NC(=O)C(=O)Nc1cc(F)c(F)cc1F. The molecule has 0 spiro atoms. The van der Waals surface area contributed by atoms with Gasteiger partial charge >= 0.3 is 11.8 Å². The van der Waals surface area contributed by atoms with E-state index in [2.05, 4.69) is 5.32 Å². The molecule has 116 valence electrons. The second-order valence-corrected chi connectivity index (χ2v) is 4.29. The fourth-order valence-electron chi connectivity index (χ4n) is 1.58. The Morgan fingerprint density at radius 1 is 1.14 bits per heavy atom. The maximum absolute atomic E-state index is 13.3. The number of carbonyl (C=O) groups is 2. The molecule has 1 atom stereocenters. The van der Waals surface area contributed by atoms with Crippen molar-refractivity contribution in [1.29, 1.82) is 0 Å². The van der Waals surface area contributed by atoms with Crippen molar-refractivity contribution in [2.24, 2.45) is 0 Å². The lowest BCUT2D eigenvalue weighted by atomic mass is 10.1. The average Bonchev–Trinajstić information content (AvgIpc) is 2.43. The Hall–Kier alpha value is -2.09. The zero-order valence-corrected chi connectivity index (χ0v) is 11.3. The van der Waals surface area contributed by atoms with Crippen molar-refractivity contribution < 1.29 is 27.9 Å². The molecule has 0 aliphatic carbocycles. The van der Waals surface area contributed by atoms with Crippen molar-refractivity contribution in [3.63, 3.8) is 0 Å². The molecule has 3 N–H and O–H groups in total. The molecule has 1 unspecified atom stereocenters. The van der Waals surface area contributed by atoms with E-state index < -0.39 is 41.0 Å². The van der Waals surface area contributed by atoms with Crippen LogP contribution in [-0.2, 0) is 9.59 Å². The van der Waals surface area contributed by atoms with Crippen LogP contribution in [0.3, 0.4) is 0 Å². The number of rotatable bonds is 5. The van der Waals surface area contributed by atoms with E-state index >= 15 is 0 Å². The molecule has 0 heterocycles. The molecular weight excluding hydrogens is 289 g/mol. The summed E-state index contributed by atoms with van der Waals surface area (Å²) in [4.78, 5) is 23.1. The molecule has 1 aromatic rings. The fraction of sp³-hybridized carbons (Fsp3) is 0.385. The molecule has 1 rings (SSSR count). The van der Waals surface area contributed by atoms with E-state index in [0.717, 1.165) is 0 Å². The number of benzene rings is 1. The van der Waals surface area contributed by atoms with Gasteiger partial charge in [0.15, 0.2) is 11.6 Å². The summed E-state index contributed by atoms with van der Waals surface area (Å²) >= 11 is 0. The molecular formula is C13H15F3N2O3. The highest BCUT2D eigenvalue weighted by atomic mass is 19.2. The van der Waals surface area contributed by atoms with Crippen molar-refractivity contribution in [3.05, 3.63) is 29.6 Å². The van der Waals surface area contributed by atoms with Crippen LogP contribution in [0.4, 0.5) is 18.9 Å². The van der Waals surface area contributed by atoms with Crippen LogP contribution in [0, 0.1) is 17.5 Å². The fourth-order valence-corrected chi connectivity index (χ4v) is 1.58. The predicted molar refractivity (Wildman–Crippen MR) is 68.9 cm³/mol. The highest BCUT2D eigenvalue weighted by Gasteiger charge is 2.20. The van der Waals surface area contributed by atoms with Gasteiger partial charge in [0.2, 0.25) is 0 Å². The Bertz CT molecular complexity index is 538. The number of amides is 2. The van der Waals surface area contributed by atoms with Crippen LogP contribution in [0.1, 0.15) is 19.8 Å².